The van der Waals surface area contributed by atoms with Crippen molar-refractivity contribution < 1.29 is 9.21 Å². The quantitative estimate of drug-likeness (QED) is 0.670. The fourth-order valence-corrected chi connectivity index (χ4v) is 2.18. The van der Waals surface area contributed by atoms with E-state index in [1.807, 2.05) is 36.4 Å². The van der Waals surface area contributed by atoms with Gasteiger partial charge in [-0.1, -0.05) is 30.3 Å². The normalized spacial score (nSPS) is 11.9. The number of nitrogens with zero attached hydrogens (tertiary/aromatic N) is 1. The molecule has 0 aliphatic carbocycles. The molecule has 4 nitrogen and oxygen atoms in total. The van der Waals surface area contributed by atoms with Crippen LogP contribution in [0.25, 0.3) is 6.08 Å². The van der Waals surface area contributed by atoms with Gasteiger partial charge >= 0.3 is 0 Å². The third-order valence-electron chi connectivity index (χ3n) is 2.74. The molecule has 1 heterocycles. The second kappa shape index (κ2) is 7.04. The molecular weight excluding hydrogens is 332 g/mol. The molecule has 0 saturated heterocycles. The number of carbonyl (C=O) groups excluding carboxylic acids is 1. The van der Waals surface area contributed by atoms with Crippen molar-refractivity contribution in [2.75, 3.05) is 0 Å². The average molecular weight is 347 g/mol. The largest absolute Gasteiger partial charge is 0.466 e. The molecule has 1 aromatic carbocycles. The number of aryl methyl sites for hydroxylation is 2. The van der Waals surface area contributed by atoms with Crippen molar-refractivity contribution in [1.29, 1.82) is 0 Å². The van der Waals surface area contributed by atoms with Crippen LogP contribution in [0.4, 0.5) is 0 Å². The zero-order valence-electron chi connectivity index (χ0n) is 11.8. The van der Waals surface area contributed by atoms with Crippen molar-refractivity contribution in [3.63, 3.8) is 0 Å². The third-order valence-corrected chi connectivity index (χ3v) is 3.18. The molecule has 0 atom stereocenters. The van der Waals surface area contributed by atoms with Crippen LogP contribution in [0.5, 0.6) is 0 Å². The van der Waals surface area contributed by atoms with Crippen molar-refractivity contribution in [3.8, 4) is 0 Å². The molecule has 0 saturated carbocycles. The van der Waals surface area contributed by atoms with Gasteiger partial charge in [0.05, 0.1) is 11.8 Å². The van der Waals surface area contributed by atoms with Gasteiger partial charge in [0, 0.05) is 4.48 Å². The lowest BCUT2D eigenvalue weighted by molar-refractivity contribution is 0.0953. The Bertz CT molecular complexity index is 688. The van der Waals surface area contributed by atoms with Crippen LogP contribution in [-0.2, 0) is 0 Å². The number of hydrogen-bond acceptors (Lipinski definition) is 3. The highest BCUT2D eigenvalue weighted by atomic mass is 79.9. The summed E-state index contributed by atoms with van der Waals surface area (Å²) in [6.07, 6.45) is 3.44. The second-order valence-electron chi connectivity index (χ2n) is 4.47. The van der Waals surface area contributed by atoms with E-state index in [0.717, 1.165) is 10.0 Å². The molecule has 1 aromatic heterocycles. The van der Waals surface area contributed by atoms with E-state index in [1.165, 1.54) is 6.21 Å². The number of furan rings is 1. The van der Waals surface area contributed by atoms with E-state index in [4.69, 9.17) is 4.42 Å². The first-order valence-electron chi connectivity index (χ1n) is 6.39. The van der Waals surface area contributed by atoms with Crippen LogP contribution in [0.2, 0.25) is 0 Å². The summed E-state index contributed by atoms with van der Waals surface area (Å²) in [5, 5.41) is 3.91. The Balaban J connectivity index is 1.97. The molecule has 0 bridgehead atoms. The number of carbonyl (C=O) groups is 1. The molecule has 1 N–H and O–H groups in total. The van der Waals surface area contributed by atoms with Crippen LogP contribution >= 0.6 is 15.9 Å². The van der Waals surface area contributed by atoms with Gasteiger partial charge in [-0.3, -0.25) is 4.79 Å². The standard InChI is InChI=1S/C16H15BrN2O2/c1-11-8-15(12(2)21-11)16(20)19-18-10-14(17)9-13-6-4-3-5-7-13/h3-10H,1-2H3,(H,19,20)/b14-9-,18-10+. The number of benzene rings is 1. The third kappa shape index (κ3) is 4.43. The lowest BCUT2D eigenvalue weighted by Crippen LogP contribution is -2.17. The number of hydrogen-bond donors (Lipinski definition) is 1. The van der Waals surface area contributed by atoms with Gasteiger partial charge in [0.2, 0.25) is 0 Å². The summed E-state index contributed by atoms with van der Waals surface area (Å²) in [6.45, 7) is 3.54. The van der Waals surface area contributed by atoms with E-state index in [1.54, 1.807) is 19.9 Å². The Morgan fingerprint density at radius 2 is 2.00 bits per heavy atom. The molecule has 0 aliphatic heterocycles. The van der Waals surface area contributed by atoms with Gasteiger partial charge in [0.25, 0.3) is 5.91 Å². The van der Waals surface area contributed by atoms with Crippen LogP contribution in [-0.4, -0.2) is 12.1 Å². The minimum atomic E-state index is -0.291. The number of nitrogens with one attached hydrogen (secondary N) is 1. The SMILES string of the molecule is Cc1cc(C(=O)N/N=C/C(Br)=C/c2ccccc2)c(C)o1. The highest BCUT2D eigenvalue weighted by Crippen LogP contribution is 2.13. The maximum absolute atomic E-state index is 11.9. The summed E-state index contributed by atoms with van der Waals surface area (Å²) < 4.78 is 6.07. The topological polar surface area (TPSA) is 54.6 Å². The van der Waals surface area contributed by atoms with Crippen LogP contribution in [0, 0.1) is 13.8 Å². The molecule has 21 heavy (non-hydrogen) atoms. The Labute approximate surface area is 131 Å². The number of rotatable bonds is 4. The van der Waals surface area contributed by atoms with E-state index >= 15 is 0 Å². The van der Waals surface area contributed by atoms with Gasteiger partial charge in [0.15, 0.2) is 0 Å². The zero-order valence-corrected chi connectivity index (χ0v) is 13.3. The van der Waals surface area contributed by atoms with E-state index in [9.17, 15) is 4.79 Å². The van der Waals surface area contributed by atoms with Crippen LogP contribution in [0.3, 0.4) is 0 Å². The minimum Gasteiger partial charge on any atom is -0.466 e. The molecule has 0 spiro atoms. The first kappa shape index (κ1) is 15.3. The summed E-state index contributed by atoms with van der Waals surface area (Å²) in [5.41, 5.74) is 4.01. The van der Waals surface area contributed by atoms with E-state index in [-0.39, 0.29) is 5.91 Å². The number of allylic oxidation sites excluding steroid dienone is 1. The minimum absolute atomic E-state index is 0.291. The van der Waals surface area contributed by atoms with Crippen molar-refractivity contribution >= 4 is 34.1 Å². The first-order chi connectivity index (χ1) is 10.1. The Morgan fingerprint density at radius 3 is 2.62 bits per heavy atom. The Hall–Kier alpha value is -2.14. The number of hydrazone groups is 1. The lowest BCUT2D eigenvalue weighted by atomic mass is 10.2. The van der Waals surface area contributed by atoms with Gasteiger partial charge in [-0.2, -0.15) is 5.10 Å². The molecule has 0 radical (unpaired) electrons. The van der Waals surface area contributed by atoms with Crippen molar-refractivity contribution in [2.24, 2.45) is 5.10 Å². The van der Waals surface area contributed by atoms with Gasteiger partial charge in [-0.05, 0) is 47.5 Å². The number of amides is 1. The highest BCUT2D eigenvalue weighted by Gasteiger charge is 2.12. The van der Waals surface area contributed by atoms with Crippen molar-refractivity contribution in [2.45, 2.75) is 13.8 Å². The molecule has 108 valence electrons. The Kier molecular flexibility index (Phi) is 5.11. The van der Waals surface area contributed by atoms with Crippen molar-refractivity contribution in [3.05, 3.63) is 63.5 Å². The maximum atomic E-state index is 11.9. The zero-order chi connectivity index (χ0) is 15.2. The van der Waals surface area contributed by atoms with E-state index in [2.05, 4.69) is 26.5 Å². The van der Waals surface area contributed by atoms with Crippen LogP contribution in [0.1, 0.15) is 27.4 Å². The summed E-state index contributed by atoms with van der Waals surface area (Å²) in [5.74, 6) is 0.992. The summed E-state index contributed by atoms with van der Waals surface area (Å²) in [6, 6.07) is 11.5. The lowest BCUT2D eigenvalue weighted by Gasteiger charge is -1.97. The molecule has 2 aromatic rings. The predicted molar refractivity (Wildman–Crippen MR) is 87.5 cm³/mol. The van der Waals surface area contributed by atoms with Crippen LogP contribution < -0.4 is 5.43 Å². The fourth-order valence-electron chi connectivity index (χ4n) is 1.81. The van der Waals surface area contributed by atoms with Gasteiger partial charge in [-0.25, -0.2) is 5.43 Å². The summed E-state index contributed by atoms with van der Waals surface area (Å²) in [4.78, 5) is 11.9. The van der Waals surface area contributed by atoms with Gasteiger partial charge in [-0.15, -0.1) is 0 Å². The number of halogens is 1. The molecular formula is C16H15BrN2O2. The van der Waals surface area contributed by atoms with Crippen LogP contribution in [0.15, 0.2) is 50.4 Å². The molecule has 0 aliphatic rings. The first-order valence-corrected chi connectivity index (χ1v) is 7.18. The van der Waals surface area contributed by atoms with Gasteiger partial charge < -0.3 is 4.42 Å². The molecule has 0 fully saturated rings. The maximum Gasteiger partial charge on any atom is 0.274 e. The summed E-state index contributed by atoms with van der Waals surface area (Å²) in [7, 11) is 0. The molecule has 1 amide bonds. The molecule has 5 heteroatoms. The molecule has 2 rings (SSSR count). The van der Waals surface area contributed by atoms with E-state index in [0.29, 0.717) is 17.1 Å². The summed E-state index contributed by atoms with van der Waals surface area (Å²) >= 11 is 3.38. The second-order valence-corrected chi connectivity index (χ2v) is 5.38. The van der Waals surface area contributed by atoms with Gasteiger partial charge in [0.1, 0.15) is 11.5 Å². The highest BCUT2D eigenvalue weighted by molar-refractivity contribution is 9.12. The van der Waals surface area contributed by atoms with E-state index < -0.39 is 0 Å². The predicted octanol–water partition coefficient (Wildman–Crippen LogP) is 4.05. The molecule has 0 unspecified atom stereocenters. The monoisotopic (exact) mass is 346 g/mol. The fraction of sp³-hybridized carbons (Fsp3) is 0.125. The van der Waals surface area contributed by atoms with Crippen molar-refractivity contribution in [1.82, 2.24) is 5.43 Å². The average Bonchev–Trinajstić information content (AvgIpc) is 2.79. The smallest absolute Gasteiger partial charge is 0.274 e. The Morgan fingerprint density at radius 1 is 1.29 bits per heavy atom.